The molecule has 0 fully saturated rings. The van der Waals surface area contributed by atoms with Crippen molar-refractivity contribution in [1.82, 2.24) is 4.98 Å². The Kier molecular flexibility index (Phi) is 5.09. The van der Waals surface area contributed by atoms with Gasteiger partial charge in [0.1, 0.15) is 10.8 Å². The summed E-state index contributed by atoms with van der Waals surface area (Å²) in [6, 6.07) is 16.3. The van der Waals surface area contributed by atoms with Crippen LogP contribution in [0.1, 0.15) is 10.4 Å². The van der Waals surface area contributed by atoms with Gasteiger partial charge in [0, 0.05) is 24.0 Å². The topological polar surface area (TPSA) is 94.4 Å². The Hall–Kier alpha value is -3.45. The predicted molar refractivity (Wildman–Crippen MR) is 96.8 cm³/mol. The number of nitro benzene ring substituents is 1. The van der Waals surface area contributed by atoms with Crippen LogP contribution in [0.25, 0.3) is 0 Å². The van der Waals surface area contributed by atoms with Gasteiger partial charge >= 0.3 is 0 Å². The van der Waals surface area contributed by atoms with Crippen molar-refractivity contribution in [1.29, 1.82) is 0 Å². The minimum atomic E-state index is -0.616. The number of benzene rings is 2. The van der Waals surface area contributed by atoms with Crippen LogP contribution >= 0.6 is 11.6 Å². The number of ether oxygens (including phenoxy) is 1. The van der Waals surface area contributed by atoms with Gasteiger partial charge in [-0.15, -0.1) is 0 Å². The second-order valence-electron chi connectivity index (χ2n) is 5.18. The first-order chi connectivity index (χ1) is 12.5. The Morgan fingerprint density at radius 1 is 1.12 bits per heavy atom. The third-order valence-corrected chi connectivity index (χ3v) is 3.68. The van der Waals surface area contributed by atoms with Gasteiger partial charge in [-0.25, -0.2) is 4.98 Å². The van der Waals surface area contributed by atoms with Crippen LogP contribution in [0.4, 0.5) is 11.4 Å². The quantitative estimate of drug-likeness (QED) is 0.520. The molecule has 0 atom stereocenters. The zero-order valence-corrected chi connectivity index (χ0v) is 14.0. The molecule has 2 aromatic carbocycles. The Labute approximate surface area is 153 Å². The third-order valence-electron chi connectivity index (χ3n) is 3.36. The summed E-state index contributed by atoms with van der Waals surface area (Å²) in [5, 5.41) is 13.5. The second-order valence-corrected chi connectivity index (χ2v) is 5.58. The molecule has 1 heterocycles. The van der Waals surface area contributed by atoms with Gasteiger partial charge in [0.15, 0.2) is 0 Å². The maximum Gasteiger partial charge on any atom is 0.289 e. The van der Waals surface area contributed by atoms with Crippen molar-refractivity contribution < 1.29 is 14.5 Å². The van der Waals surface area contributed by atoms with E-state index in [1.807, 2.05) is 18.2 Å². The molecule has 0 saturated carbocycles. The highest BCUT2D eigenvalue weighted by molar-refractivity contribution is 6.32. The summed E-state index contributed by atoms with van der Waals surface area (Å²) in [4.78, 5) is 26.6. The maximum atomic E-state index is 12.3. The molecule has 0 unspecified atom stereocenters. The van der Waals surface area contributed by atoms with Gasteiger partial charge in [0.2, 0.25) is 5.88 Å². The third kappa shape index (κ3) is 4.14. The number of halogens is 1. The van der Waals surface area contributed by atoms with Crippen molar-refractivity contribution in [3.8, 4) is 11.6 Å². The lowest BCUT2D eigenvalue weighted by Gasteiger charge is -2.07. The first-order valence-electron chi connectivity index (χ1n) is 7.47. The molecule has 1 amide bonds. The number of amides is 1. The molecule has 0 radical (unpaired) electrons. The maximum absolute atomic E-state index is 12.3. The molecule has 0 aliphatic heterocycles. The summed E-state index contributed by atoms with van der Waals surface area (Å²) in [7, 11) is 0. The number of carbonyl (C=O) groups excluding carboxylic acids is 1. The highest BCUT2D eigenvalue weighted by Gasteiger charge is 2.14. The fourth-order valence-corrected chi connectivity index (χ4v) is 2.30. The lowest BCUT2D eigenvalue weighted by Crippen LogP contribution is -2.12. The smallest absolute Gasteiger partial charge is 0.289 e. The van der Waals surface area contributed by atoms with Crippen LogP contribution in [0.5, 0.6) is 11.6 Å². The second kappa shape index (κ2) is 7.62. The fraction of sp³-hybridized carbons (Fsp3) is 0. The van der Waals surface area contributed by atoms with Crippen molar-refractivity contribution >= 4 is 28.9 Å². The van der Waals surface area contributed by atoms with Crippen molar-refractivity contribution in [2.45, 2.75) is 0 Å². The van der Waals surface area contributed by atoms with Crippen molar-refractivity contribution in [3.05, 3.63) is 87.6 Å². The number of rotatable bonds is 5. The molecular formula is C18H12ClN3O4. The van der Waals surface area contributed by atoms with Gasteiger partial charge in [-0.05, 0) is 30.3 Å². The van der Waals surface area contributed by atoms with E-state index in [0.29, 0.717) is 11.6 Å². The minimum absolute atomic E-state index is 0.00270. The summed E-state index contributed by atoms with van der Waals surface area (Å²) in [6.45, 7) is 0. The fourth-order valence-electron chi connectivity index (χ4n) is 2.12. The summed E-state index contributed by atoms with van der Waals surface area (Å²) >= 11 is 5.75. The van der Waals surface area contributed by atoms with Gasteiger partial charge in [0.05, 0.1) is 10.5 Å². The van der Waals surface area contributed by atoms with Crippen molar-refractivity contribution in [3.63, 3.8) is 0 Å². The van der Waals surface area contributed by atoms with Gasteiger partial charge in [-0.3, -0.25) is 14.9 Å². The number of nitrogens with one attached hydrogen (secondary N) is 1. The highest BCUT2D eigenvalue weighted by atomic mass is 35.5. The molecule has 3 aromatic rings. The van der Waals surface area contributed by atoms with Crippen LogP contribution in [0.2, 0.25) is 5.02 Å². The Morgan fingerprint density at radius 3 is 2.54 bits per heavy atom. The average molecular weight is 370 g/mol. The summed E-state index contributed by atoms with van der Waals surface area (Å²) in [5.74, 6) is 0.515. The molecule has 0 bridgehead atoms. The predicted octanol–water partition coefficient (Wildman–Crippen LogP) is 4.69. The summed E-state index contributed by atoms with van der Waals surface area (Å²) in [5.41, 5.74) is 0.257. The number of pyridine rings is 1. The molecule has 0 aliphatic carbocycles. The number of para-hydroxylation sites is 1. The first kappa shape index (κ1) is 17.4. The number of carbonyl (C=O) groups is 1. The monoisotopic (exact) mass is 369 g/mol. The van der Waals surface area contributed by atoms with E-state index in [1.54, 1.807) is 24.3 Å². The van der Waals surface area contributed by atoms with E-state index in [0.717, 1.165) is 0 Å². The molecule has 26 heavy (non-hydrogen) atoms. The molecule has 8 heteroatoms. The van der Waals surface area contributed by atoms with Crippen LogP contribution in [-0.4, -0.2) is 15.8 Å². The molecule has 0 aliphatic rings. The van der Waals surface area contributed by atoms with Gasteiger partial charge < -0.3 is 10.1 Å². The average Bonchev–Trinajstić information content (AvgIpc) is 2.64. The Morgan fingerprint density at radius 2 is 1.88 bits per heavy atom. The van der Waals surface area contributed by atoms with Crippen LogP contribution in [0.3, 0.4) is 0 Å². The zero-order chi connectivity index (χ0) is 18.5. The number of nitrogens with zero attached hydrogens (tertiary/aromatic N) is 2. The highest BCUT2D eigenvalue weighted by Crippen LogP contribution is 2.27. The van der Waals surface area contributed by atoms with E-state index in [-0.39, 0.29) is 22.0 Å². The first-order valence-corrected chi connectivity index (χ1v) is 7.85. The lowest BCUT2D eigenvalue weighted by atomic mass is 10.2. The standard InChI is InChI=1S/C18H12ClN3O4/c19-15-8-7-13(10-16(15)22(24)25)21-18(23)12-6-9-17(20-11-12)26-14-4-2-1-3-5-14/h1-11H,(H,21,23). The summed E-state index contributed by atoms with van der Waals surface area (Å²) in [6.07, 6.45) is 1.36. The molecule has 1 N–H and O–H groups in total. The van der Waals surface area contributed by atoms with E-state index < -0.39 is 10.8 Å². The van der Waals surface area contributed by atoms with Crippen molar-refractivity contribution in [2.75, 3.05) is 5.32 Å². The molecule has 130 valence electrons. The van der Waals surface area contributed by atoms with Gasteiger partial charge in [-0.2, -0.15) is 0 Å². The Bertz CT molecular complexity index is 946. The van der Waals surface area contributed by atoms with Crippen molar-refractivity contribution in [2.24, 2.45) is 0 Å². The molecular weight excluding hydrogens is 358 g/mol. The molecule has 1 aromatic heterocycles. The van der Waals surface area contributed by atoms with Crippen LogP contribution in [0, 0.1) is 10.1 Å². The zero-order valence-electron chi connectivity index (χ0n) is 13.3. The molecule has 7 nitrogen and oxygen atoms in total. The van der Waals surface area contributed by atoms with Crippen LogP contribution < -0.4 is 10.1 Å². The number of aromatic nitrogens is 1. The number of hydrogen-bond donors (Lipinski definition) is 1. The number of anilines is 1. The number of nitro groups is 1. The Balaban J connectivity index is 1.70. The van der Waals surface area contributed by atoms with E-state index >= 15 is 0 Å². The van der Waals surface area contributed by atoms with E-state index in [2.05, 4.69) is 10.3 Å². The van der Waals surface area contributed by atoms with Crippen LogP contribution in [0.15, 0.2) is 66.9 Å². The summed E-state index contributed by atoms with van der Waals surface area (Å²) < 4.78 is 5.55. The van der Waals surface area contributed by atoms with E-state index in [9.17, 15) is 14.9 Å². The molecule has 3 rings (SSSR count). The number of hydrogen-bond acceptors (Lipinski definition) is 5. The molecule has 0 spiro atoms. The van der Waals surface area contributed by atoms with E-state index in [4.69, 9.17) is 16.3 Å². The molecule has 0 saturated heterocycles. The minimum Gasteiger partial charge on any atom is -0.439 e. The largest absolute Gasteiger partial charge is 0.439 e. The van der Waals surface area contributed by atoms with Gasteiger partial charge in [-0.1, -0.05) is 29.8 Å². The van der Waals surface area contributed by atoms with Crippen LogP contribution in [-0.2, 0) is 0 Å². The lowest BCUT2D eigenvalue weighted by molar-refractivity contribution is -0.384. The van der Waals surface area contributed by atoms with Gasteiger partial charge in [0.25, 0.3) is 11.6 Å². The normalized spacial score (nSPS) is 10.2. The SMILES string of the molecule is O=C(Nc1ccc(Cl)c([N+](=O)[O-])c1)c1ccc(Oc2ccccc2)nc1. The van der Waals surface area contributed by atoms with E-state index in [1.165, 1.54) is 24.4 Å².